The van der Waals surface area contributed by atoms with Crippen molar-refractivity contribution in [2.24, 2.45) is 0 Å². The predicted octanol–water partition coefficient (Wildman–Crippen LogP) is 1.42. The molecule has 0 bridgehead atoms. The van der Waals surface area contributed by atoms with E-state index in [0.29, 0.717) is 18.8 Å². The lowest BCUT2D eigenvalue weighted by Gasteiger charge is -2.23. The second kappa shape index (κ2) is 9.74. The van der Waals surface area contributed by atoms with E-state index < -0.39 is 5.60 Å². The summed E-state index contributed by atoms with van der Waals surface area (Å²) in [4.78, 5) is 11.5. The van der Waals surface area contributed by atoms with Gasteiger partial charge in [-0.3, -0.25) is 4.79 Å². The van der Waals surface area contributed by atoms with Crippen molar-refractivity contribution < 1.29 is 14.6 Å². The third-order valence-corrected chi connectivity index (χ3v) is 3.43. The molecule has 5 heteroatoms. The topological polar surface area (TPSA) is 58.6 Å². The molecule has 0 spiro atoms. The lowest BCUT2D eigenvalue weighted by Crippen LogP contribution is -2.42. The smallest absolute Gasteiger partial charge is 0.230 e. The normalized spacial score (nSPS) is 14.4. The molecule has 2 N–H and O–H groups in total. The maximum atomic E-state index is 11.5. The van der Waals surface area contributed by atoms with Crippen molar-refractivity contribution in [1.29, 1.82) is 0 Å². The monoisotopic (exact) mass is 263 g/mol. The van der Waals surface area contributed by atoms with E-state index in [9.17, 15) is 9.90 Å². The van der Waals surface area contributed by atoms with Gasteiger partial charge in [0.05, 0.1) is 11.4 Å². The van der Waals surface area contributed by atoms with Crippen molar-refractivity contribution in [3.8, 4) is 0 Å². The van der Waals surface area contributed by atoms with E-state index in [0.717, 1.165) is 18.6 Å². The minimum atomic E-state index is -0.889. The van der Waals surface area contributed by atoms with Gasteiger partial charge in [0.1, 0.15) is 0 Å². The highest BCUT2D eigenvalue weighted by atomic mass is 32.2. The third-order valence-electron chi connectivity index (χ3n) is 2.39. The summed E-state index contributed by atoms with van der Waals surface area (Å²) >= 11 is 1.64. The van der Waals surface area contributed by atoms with E-state index in [4.69, 9.17) is 4.74 Å². The number of nitrogens with one attached hydrogen (secondary N) is 1. The molecule has 0 heterocycles. The van der Waals surface area contributed by atoms with Crippen LogP contribution in [0.4, 0.5) is 0 Å². The molecule has 0 aliphatic rings. The number of unbranched alkanes of at least 4 members (excludes halogenated alkanes) is 1. The summed E-state index contributed by atoms with van der Waals surface area (Å²) in [5.41, 5.74) is -0.889. The molecule has 0 saturated carbocycles. The Kier molecular flexibility index (Phi) is 9.59. The first-order valence-corrected chi connectivity index (χ1v) is 7.23. The van der Waals surface area contributed by atoms with Crippen LogP contribution in [-0.4, -0.2) is 48.4 Å². The summed E-state index contributed by atoms with van der Waals surface area (Å²) in [5, 5.41) is 12.6. The second-order valence-electron chi connectivity index (χ2n) is 4.42. The van der Waals surface area contributed by atoms with Crippen molar-refractivity contribution >= 4 is 17.7 Å². The number of thioether (sulfide) groups is 1. The zero-order chi connectivity index (χ0) is 13.1. The molecule has 0 fully saturated rings. The summed E-state index contributed by atoms with van der Waals surface area (Å²) in [7, 11) is 1.60. The van der Waals surface area contributed by atoms with Crippen molar-refractivity contribution in [2.45, 2.75) is 38.7 Å². The van der Waals surface area contributed by atoms with Crippen LogP contribution in [0.2, 0.25) is 0 Å². The van der Waals surface area contributed by atoms with Crippen LogP contribution in [0, 0.1) is 0 Å². The van der Waals surface area contributed by atoms with E-state index in [1.165, 1.54) is 0 Å². The van der Waals surface area contributed by atoms with Gasteiger partial charge in [0.25, 0.3) is 0 Å². The molecular weight excluding hydrogens is 238 g/mol. The quantitative estimate of drug-likeness (QED) is 0.585. The molecule has 1 unspecified atom stereocenters. The fraction of sp³-hybridized carbons (Fsp3) is 0.917. The number of ether oxygens (including phenoxy) is 1. The molecule has 0 rings (SSSR count). The summed E-state index contributed by atoms with van der Waals surface area (Å²) in [6.45, 7) is 4.61. The number of carbonyl (C=O) groups excluding carboxylic acids is 1. The first kappa shape index (κ1) is 16.7. The molecule has 0 aliphatic carbocycles. The Balaban J connectivity index is 3.60. The summed E-state index contributed by atoms with van der Waals surface area (Å²) in [5.74, 6) is 1.48. The molecule has 1 amide bonds. The van der Waals surface area contributed by atoms with Gasteiger partial charge in [-0.25, -0.2) is 0 Å². The van der Waals surface area contributed by atoms with Gasteiger partial charge in [-0.15, -0.1) is 0 Å². The fourth-order valence-electron chi connectivity index (χ4n) is 1.16. The van der Waals surface area contributed by atoms with E-state index in [1.807, 2.05) is 0 Å². The molecule has 4 nitrogen and oxygen atoms in total. The maximum Gasteiger partial charge on any atom is 0.230 e. The van der Waals surface area contributed by atoms with Crippen LogP contribution in [0.3, 0.4) is 0 Å². The average molecular weight is 263 g/mol. The zero-order valence-corrected chi connectivity index (χ0v) is 11.9. The van der Waals surface area contributed by atoms with Gasteiger partial charge in [-0.2, -0.15) is 11.8 Å². The van der Waals surface area contributed by atoms with Crippen molar-refractivity contribution in [3.63, 3.8) is 0 Å². The Morgan fingerprint density at radius 3 is 2.82 bits per heavy atom. The lowest BCUT2D eigenvalue weighted by molar-refractivity contribution is -0.119. The van der Waals surface area contributed by atoms with Crippen LogP contribution in [0.5, 0.6) is 0 Å². The summed E-state index contributed by atoms with van der Waals surface area (Å²) in [6.07, 6.45) is 2.82. The summed E-state index contributed by atoms with van der Waals surface area (Å²) in [6, 6.07) is 0. The highest BCUT2D eigenvalue weighted by Crippen LogP contribution is 2.08. The molecule has 0 aromatic rings. The van der Waals surface area contributed by atoms with E-state index in [2.05, 4.69) is 12.2 Å². The Morgan fingerprint density at radius 1 is 1.53 bits per heavy atom. The molecule has 0 aromatic carbocycles. The largest absolute Gasteiger partial charge is 0.388 e. The third kappa shape index (κ3) is 10.6. The highest BCUT2D eigenvalue weighted by molar-refractivity contribution is 7.99. The Bertz CT molecular complexity index is 210. The van der Waals surface area contributed by atoms with Crippen LogP contribution in [0.25, 0.3) is 0 Å². The fourth-order valence-corrected chi connectivity index (χ4v) is 2.09. The molecular formula is C12H25NO3S. The van der Waals surface area contributed by atoms with E-state index in [1.54, 1.807) is 25.8 Å². The summed E-state index contributed by atoms with van der Waals surface area (Å²) < 4.78 is 4.90. The molecule has 0 aliphatic heterocycles. The van der Waals surface area contributed by atoms with Gasteiger partial charge >= 0.3 is 0 Å². The number of methoxy groups -OCH3 is 1. The molecule has 102 valence electrons. The number of hydrogen-bond acceptors (Lipinski definition) is 4. The molecule has 17 heavy (non-hydrogen) atoms. The first-order chi connectivity index (χ1) is 8.02. The zero-order valence-electron chi connectivity index (χ0n) is 11.1. The molecule has 0 saturated heterocycles. The maximum absolute atomic E-state index is 11.5. The van der Waals surface area contributed by atoms with Crippen LogP contribution >= 0.6 is 11.8 Å². The molecule has 0 aromatic heterocycles. The van der Waals surface area contributed by atoms with Crippen LogP contribution in [0.15, 0.2) is 0 Å². The minimum absolute atomic E-state index is 0.0104. The predicted molar refractivity (Wildman–Crippen MR) is 72.4 cm³/mol. The molecule has 0 radical (unpaired) electrons. The highest BCUT2D eigenvalue weighted by Gasteiger charge is 2.20. The van der Waals surface area contributed by atoms with E-state index >= 15 is 0 Å². The van der Waals surface area contributed by atoms with Gasteiger partial charge < -0.3 is 15.2 Å². The Hall–Kier alpha value is -0.260. The van der Waals surface area contributed by atoms with Crippen molar-refractivity contribution in [2.75, 3.05) is 31.8 Å². The number of hydrogen-bond donors (Lipinski definition) is 2. The Morgan fingerprint density at radius 2 is 2.24 bits per heavy atom. The number of carbonyl (C=O) groups is 1. The van der Waals surface area contributed by atoms with Crippen molar-refractivity contribution in [3.05, 3.63) is 0 Å². The number of aliphatic hydroxyl groups is 1. The Labute approximate surface area is 108 Å². The van der Waals surface area contributed by atoms with Crippen LogP contribution in [0.1, 0.15) is 33.1 Å². The first-order valence-electron chi connectivity index (χ1n) is 6.07. The lowest BCUT2D eigenvalue weighted by atomic mass is 10.0. The van der Waals surface area contributed by atoms with Gasteiger partial charge in [-0.05, 0) is 19.1 Å². The van der Waals surface area contributed by atoms with Crippen LogP contribution in [-0.2, 0) is 9.53 Å². The van der Waals surface area contributed by atoms with E-state index in [-0.39, 0.29) is 12.5 Å². The van der Waals surface area contributed by atoms with Crippen LogP contribution < -0.4 is 5.32 Å². The van der Waals surface area contributed by atoms with Gasteiger partial charge in [0.15, 0.2) is 0 Å². The second-order valence-corrected chi connectivity index (χ2v) is 5.53. The van der Waals surface area contributed by atoms with Crippen molar-refractivity contribution in [1.82, 2.24) is 5.32 Å². The SMILES string of the molecule is CCCCSCC(=O)NCC(C)(O)CCOC. The van der Waals surface area contributed by atoms with Gasteiger partial charge in [-0.1, -0.05) is 13.3 Å². The molecule has 1 atom stereocenters. The minimum Gasteiger partial charge on any atom is -0.388 e. The van der Waals surface area contributed by atoms with Gasteiger partial charge in [0.2, 0.25) is 5.91 Å². The van der Waals surface area contributed by atoms with Gasteiger partial charge in [0, 0.05) is 26.7 Å². The number of amides is 1. The average Bonchev–Trinajstić information content (AvgIpc) is 2.30. The number of rotatable bonds is 10. The standard InChI is InChI=1S/C12H25NO3S/c1-4-5-8-17-9-11(14)13-10-12(2,15)6-7-16-3/h15H,4-10H2,1-3H3,(H,13,14).